The molecule has 0 atom stereocenters. The summed E-state index contributed by atoms with van der Waals surface area (Å²) >= 11 is 0. The summed E-state index contributed by atoms with van der Waals surface area (Å²) in [5.41, 5.74) is 2.00. The average molecular weight is 239 g/mol. The fourth-order valence-corrected chi connectivity index (χ4v) is 1.27. The average Bonchev–Trinajstić information content (AvgIpc) is 2.30. The standard InChI is InChI=1S/C12H11FN2.ClH/c13-11-3-5-12(6-4-11)15-9-10-2-1-7-14-8-10;/h1-8,15H,9H2;1H. The smallest absolute Gasteiger partial charge is 0.123 e. The molecule has 0 saturated heterocycles. The fraction of sp³-hybridized carbons (Fsp3) is 0.0833. The number of benzene rings is 1. The lowest BCUT2D eigenvalue weighted by Gasteiger charge is -2.05. The van der Waals surface area contributed by atoms with Crippen LogP contribution in [-0.2, 0) is 6.54 Å². The number of nitrogens with zero attached hydrogens (tertiary/aromatic N) is 1. The molecule has 0 spiro atoms. The Morgan fingerprint density at radius 1 is 1.12 bits per heavy atom. The van der Waals surface area contributed by atoms with Crippen LogP contribution in [0.5, 0.6) is 0 Å². The molecule has 1 heterocycles. The number of aromatic nitrogens is 1. The Hall–Kier alpha value is -1.61. The van der Waals surface area contributed by atoms with Gasteiger partial charge in [0.15, 0.2) is 0 Å². The number of hydrogen-bond donors (Lipinski definition) is 1. The molecule has 1 N–H and O–H groups in total. The Balaban J connectivity index is 0.00000128. The highest BCUT2D eigenvalue weighted by molar-refractivity contribution is 5.85. The van der Waals surface area contributed by atoms with Gasteiger partial charge in [-0.2, -0.15) is 0 Å². The first-order valence-electron chi connectivity index (χ1n) is 4.73. The largest absolute Gasteiger partial charge is 0.381 e. The number of anilines is 1. The van der Waals surface area contributed by atoms with Gasteiger partial charge < -0.3 is 5.32 Å². The number of nitrogens with one attached hydrogen (secondary N) is 1. The van der Waals surface area contributed by atoms with E-state index < -0.39 is 0 Å². The first-order chi connectivity index (χ1) is 7.34. The van der Waals surface area contributed by atoms with Gasteiger partial charge in [0.05, 0.1) is 0 Å². The minimum atomic E-state index is -0.220. The number of hydrogen-bond acceptors (Lipinski definition) is 2. The zero-order chi connectivity index (χ0) is 10.5. The molecule has 0 aliphatic carbocycles. The van der Waals surface area contributed by atoms with Crippen LogP contribution in [0.1, 0.15) is 5.56 Å². The van der Waals surface area contributed by atoms with Crippen LogP contribution >= 0.6 is 12.4 Å². The molecule has 0 aliphatic rings. The SMILES string of the molecule is Cl.Fc1ccc(NCc2cccnc2)cc1. The van der Waals surface area contributed by atoms with Crippen molar-refractivity contribution < 1.29 is 4.39 Å². The van der Waals surface area contributed by atoms with Crippen LogP contribution in [0.2, 0.25) is 0 Å². The van der Waals surface area contributed by atoms with E-state index in [4.69, 9.17) is 0 Å². The van der Waals surface area contributed by atoms with E-state index in [9.17, 15) is 4.39 Å². The Morgan fingerprint density at radius 2 is 1.88 bits per heavy atom. The fourth-order valence-electron chi connectivity index (χ4n) is 1.27. The molecule has 0 amide bonds. The van der Waals surface area contributed by atoms with Crippen LogP contribution in [0.3, 0.4) is 0 Å². The number of halogens is 2. The maximum Gasteiger partial charge on any atom is 0.123 e. The molecular weight excluding hydrogens is 227 g/mol. The van der Waals surface area contributed by atoms with E-state index in [0.29, 0.717) is 6.54 Å². The molecule has 84 valence electrons. The van der Waals surface area contributed by atoms with Crippen molar-refractivity contribution in [3.8, 4) is 0 Å². The van der Waals surface area contributed by atoms with Crippen molar-refractivity contribution in [2.75, 3.05) is 5.32 Å². The summed E-state index contributed by atoms with van der Waals surface area (Å²) in [5.74, 6) is -0.220. The summed E-state index contributed by atoms with van der Waals surface area (Å²) in [5, 5.41) is 3.18. The molecule has 4 heteroatoms. The quantitative estimate of drug-likeness (QED) is 0.888. The normalized spacial score (nSPS) is 9.31. The second kappa shape index (κ2) is 6.08. The first kappa shape index (κ1) is 12.5. The Morgan fingerprint density at radius 3 is 2.50 bits per heavy atom. The van der Waals surface area contributed by atoms with Crippen LogP contribution < -0.4 is 5.32 Å². The summed E-state index contributed by atoms with van der Waals surface area (Å²) in [4.78, 5) is 4.01. The predicted molar refractivity (Wildman–Crippen MR) is 65.2 cm³/mol. The lowest BCUT2D eigenvalue weighted by Crippen LogP contribution is -1.99. The molecule has 0 radical (unpaired) electrons. The molecule has 1 aromatic carbocycles. The molecule has 2 aromatic rings. The van der Waals surface area contributed by atoms with Crippen LogP contribution in [0.4, 0.5) is 10.1 Å². The van der Waals surface area contributed by atoms with Gasteiger partial charge in [-0.1, -0.05) is 6.07 Å². The van der Waals surface area contributed by atoms with Crippen molar-refractivity contribution >= 4 is 18.1 Å². The zero-order valence-electron chi connectivity index (χ0n) is 8.56. The van der Waals surface area contributed by atoms with E-state index in [-0.39, 0.29) is 18.2 Å². The minimum Gasteiger partial charge on any atom is -0.381 e. The van der Waals surface area contributed by atoms with E-state index >= 15 is 0 Å². The monoisotopic (exact) mass is 238 g/mol. The van der Waals surface area contributed by atoms with Gasteiger partial charge in [0, 0.05) is 24.6 Å². The second-order valence-electron chi connectivity index (χ2n) is 3.22. The lowest BCUT2D eigenvalue weighted by molar-refractivity contribution is 0.628. The van der Waals surface area contributed by atoms with Gasteiger partial charge in [-0.25, -0.2) is 4.39 Å². The Labute approximate surface area is 99.9 Å². The van der Waals surface area contributed by atoms with E-state index in [0.717, 1.165) is 11.3 Å². The molecule has 0 aliphatic heterocycles. The summed E-state index contributed by atoms with van der Waals surface area (Å²) in [6.07, 6.45) is 3.54. The third-order valence-corrected chi connectivity index (χ3v) is 2.06. The third-order valence-electron chi connectivity index (χ3n) is 2.06. The molecule has 16 heavy (non-hydrogen) atoms. The third kappa shape index (κ3) is 3.51. The minimum absolute atomic E-state index is 0. The van der Waals surface area contributed by atoms with Crippen LogP contribution in [0.25, 0.3) is 0 Å². The maximum absolute atomic E-state index is 12.6. The van der Waals surface area contributed by atoms with E-state index in [1.807, 2.05) is 12.1 Å². The van der Waals surface area contributed by atoms with Gasteiger partial charge in [-0.3, -0.25) is 4.98 Å². The van der Waals surface area contributed by atoms with Crippen LogP contribution in [-0.4, -0.2) is 4.98 Å². The van der Waals surface area contributed by atoms with Gasteiger partial charge >= 0.3 is 0 Å². The molecule has 2 nitrogen and oxygen atoms in total. The molecular formula is C12H12ClFN2. The van der Waals surface area contributed by atoms with Crippen molar-refractivity contribution in [3.05, 3.63) is 60.2 Å². The van der Waals surface area contributed by atoms with Crippen molar-refractivity contribution in [3.63, 3.8) is 0 Å². The van der Waals surface area contributed by atoms with E-state index in [1.54, 1.807) is 24.5 Å². The molecule has 0 unspecified atom stereocenters. The predicted octanol–water partition coefficient (Wildman–Crippen LogP) is 3.25. The highest BCUT2D eigenvalue weighted by atomic mass is 35.5. The van der Waals surface area contributed by atoms with Crippen molar-refractivity contribution in [1.82, 2.24) is 4.98 Å². The van der Waals surface area contributed by atoms with Crippen molar-refractivity contribution in [2.24, 2.45) is 0 Å². The molecule has 0 fully saturated rings. The zero-order valence-corrected chi connectivity index (χ0v) is 9.38. The maximum atomic E-state index is 12.6. The van der Waals surface area contributed by atoms with Gasteiger partial charge in [-0.15, -0.1) is 12.4 Å². The van der Waals surface area contributed by atoms with E-state index in [2.05, 4.69) is 10.3 Å². The van der Waals surface area contributed by atoms with E-state index in [1.165, 1.54) is 12.1 Å². The summed E-state index contributed by atoms with van der Waals surface area (Å²) in [7, 11) is 0. The Kier molecular flexibility index (Phi) is 4.73. The summed E-state index contributed by atoms with van der Waals surface area (Å²) < 4.78 is 12.6. The lowest BCUT2D eigenvalue weighted by atomic mass is 10.2. The molecule has 1 aromatic heterocycles. The highest BCUT2D eigenvalue weighted by Gasteiger charge is 1.94. The molecule has 0 bridgehead atoms. The summed E-state index contributed by atoms with van der Waals surface area (Å²) in [6, 6.07) is 10.2. The number of rotatable bonds is 3. The Bertz CT molecular complexity index is 417. The molecule has 0 saturated carbocycles. The highest BCUT2D eigenvalue weighted by Crippen LogP contribution is 2.09. The van der Waals surface area contributed by atoms with Crippen molar-refractivity contribution in [1.29, 1.82) is 0 Å². The van der Waals surface area contributed by atoms with Crippen LogP contribution in [0.15, 0.2) is 48.8 Å². The van der Waals surface area contributed by atoms with Crippen molar-refractivity contribution in [2.45, 2.75) is 6.54 Å². The molecule has 2 rings (SSSR count). The van der Waals surface area contributed by atoms with Gasteiger partial charge in [0.25, 0.3) is 0 Å². The first-order valence-corrected chi connectivity index (χ1v) is 4.73. The number of pyridine rings is 1. The van der Waals surface area contributed by atoms with Crippen LogP contribution in [0, 0.1) is 5.82 Å². The topological polar surface area (TPSA) is 24.9 Å². The van der Waals surface area contributed by atoms with Gasteiger partial charge in [0.1, 0.15) is 5.82 Å². The van der Waals surface area contributed by atoms with Gasteiger partial charge in [0.2, 0.25) is 0 Å². The summed E-state index contributed by atoms with van der Waals surface area (Å²) in [6.45, 7) is 0.694. The second-order valence-corrected chi connectivity index (χ2v) is 3.22. The van der Waals surface area contributed by atoms with Gasteiger partial charge in [-0.05, 0) is 35.9 Å².